The largest absolute Gasteiger partial charge is 0.370 e. The van der Waals surface area contributed by atoms with Gasteiger partial charge < -0.3 is 92.5 Å². The summed E-state index contributed by atoms with van der Waals surface area (Å²) in [5, 5.41) is 21.1. The zero-order valence-corrected chi connectivity index (χ0v) is 55.3. The minimum Gasteiger partial charge on any atom is -0.370 e. The Hall–Kier alpha value is -8.91. The molecule has 31 nitrogen and oxygen atoms in total. The molecule has 32 heteroatoms. The molecule has 2 saturated heterocycles. The molecule has 0 bridgehead atoms. The molecule has 10 atom stereocenters. The number of rotatable bonds is 42. The van der Waals surface area contributed by atoms with Crippen molar-refractivity contribution in [2.45, 2.75) is 183 Å². The van der Waals surface area contributed by atoms with Crippen molar-refractivity contribution >= 4 is 94.5 Å². The Morgan fingerprint density at radius 1 is 0.537 bits per heavy atom. The van der Waals surface area contributed by atoms with E-state index in [2.05, 4.69) is 47.5 Å². The highest BCUT2D eigenvalue weighted by Crippen LogP contribution is 2.24. The molecule has 0 saturated carbocycles. The molecule has 0 radical (unpaired) electrons. The number of benzene rings is 2. The van der Waals surface area contributed by atoms with Crippen molar-refractivity contribution in [2.75, 3.05) is 44.7 Å². The van der Waals surface area contributed by atoms with Gasteiger partial charge in [-0.25, -0.2) is 0 Å². The molecule has 2 aromatic rings. The predicted molar refractivity (Wildman–Crippen MR) is 356 cm³/mol. The van der Waals surface area contributed by atoms with E-state index in [0.717, 1.165) is 0 Å². The molecule has 0 aromatic heterocycles. The third-order valence-corrected chi connectivity index (χ3v) is 16.7. The van der Waals surface area contributed by atoms with Gasteiger partial charge in [0.25, 0.3) is 0 Å². The standard InChI is InChI=1S/C63H98N18O13S/c1-37(2)33-45(57(89)74-41(53(68)85)27-32-95-3)73-52(84)36-72-54(86)46(34-38-15-6-4-7-16-38)78-58(90)47(35-39-17-8-5-9-18-39)79-56(88)42(23-25-50(66)82)75-55(87)43(24-26-51(67)83)76-59(91)49-22-14-31-81(49)62(94)44(20-10-11-28-64)77-60(92)48-21-13-30-80(48)61(93)40(65)19-12-29-71-63(69)70/h4-9,15-18,37,40-49H,10-14,19-36,64-65H2,1-3H3,(H2,66,82)(H2,67,83)(H2,68,85)(H,72,86)(H,73,84)(H,74,89)(H,75,87)(H,76,91)(H,77,92)(H,78,90)(H,79,88)(H4,69,70,71)/t40-,41+,42+,43-,44+,45-,46+,47-,48+,49+/m1/s1. The first-order valence-corrected chi connectivity index (χ1v) is 33.6. The third kappa shape index (κ3) is 27.5. The van der Waals surface area contributed by atoms with Gasteiger partial charge in [0, 0.05) is 45.3 Å². The van der Waals surface area contributed by atoms with Gasteiger partial charge in [-0.2, -0.15) is 11.8 Å². The van der Waals surface area contributed by atoms with Gasteiger partial charge in [0.1, 0.15) is 54.4 Å². The van der Waals surface area contributed by atoms with E-state index < -0.39 is 169 Å². The van der Waals surface area contributed by atoms with Crippen molar-refractivity contribution in [1.82, 2.24) is 52.3 Å². The second kappa shape index (κ2) is 41.0. The molecule has 524 valence electrons. The molecule has 22 N–H and O–H groups in total. The molecule has 0 unspecified atom stereocenters. The third-order valence-electron chi connectivity index (χ3n) is 16.0. The quantitative estimate of drug-likeness (QED) is 0.0173. The van der Waals surface area contributed by atoms with Gasteiger partial charge in [0.15, 0.2) is 5.96 Å². The highest BCUT2D eigenvalue weighted by molar-refractivity contribution is 7.98. The Morgan fingerprint density at radius 2 is 1.01 bits per heavy atom. The maximum Gasteiger partial charge on any atom is 0.245 e. The first-order valence-electron chi connectivity index (χ1n) is 32.2. The average molecular weight is 1350 g/mol. The summed E-state index contributed by atoms with van der Waals surface area (Å²) in [7, 11) is 0. The molecule has 4 rings (SSSR count). The first kappa shape index (κ1) is 78.5. The van der Waals surface area contributed by atoms with E-state index in [1.807, 2.05) is 20.1 Å². The monoisotopic (exact) mass is 1350 g/mol. The zero-order valence-electron chi connectivity index (χ0n) is 54.5. The SMILES string of the molecule is CSCC[C@H](NC(=O)[C@@H](CC(C)C)NC(=O)CNC(=O)[C@H](Cc1ccccc1)NC(=O)[C@@H](Cc1ccccc1)NC(=O)[C@H](CCC(N)=O)NC(=O)[C@@H](CCC(N)=O)NC(=O)[C@@H]1CCCN1C(=O)[C@H](CCCCN)NC(=O)[C@@H]1CCCN1C(=O)[C@H](N)CCCN=C(N)N)C(N)=O. The second-order valence-electron chi connectivity index (χ2n) is 24.1. The lowest BCUT2D eigenvalue weighted by Crippen LogP contribution is -2.60. The summed E-state index contributed by atoms with van der Waals surface area (Å²) in [6.07, 6.45) is 3.12. The van der Waals surface area contributed by atoms with E-state index in [4.69, 9.17) is 40.1 Å². The number of carbonyl (C=O) groups excluding carboxylic acids is 13. The van der Waals surface area contributed by atoms with Crippen molar-refractivity contribution < 1.29 is 62.3 Å². The van der Waals surface area contributed by atoms with Crippen LogP contribution in [0.2, 0.25) is 0 Å². The maximum atomic E-state index is 14.7. The molecule has 95 heavy (non-hydrogen) atoms. The van der Waals surface area contributed by atoms with Crippen LogP contribution in [0.3, 0.4) is 0 Å². The van der Waals surface area contributed by atoms with Crippen molar-refractivity contribution in [2.24, 2.45) is 51.0 Å². The van der Waals surface area contributed by atoms with E-state index in [-0.39, 0.29) is 83.0 Å². The average Bonchev–Trinajstić information content (AvgIpc) is 1.74. The summed E-state index contributed by atoms with van der Waals surface area (Å²) >= 11 is 1.45. The fourth-order valence-corrected chi connectivity index (χ4v) is 11.5. The van der Waals surface area contributed by atoms with Crippen LogP contribution < -0.4 is 82.7 Å². The summed E-state index contributed by atoms with van der Waals surface area (Å²) in [5.74, 6) is -9.80. The number of nitrogens with zero attached hydrogens (tertiary/aromatic N) is 3. The van der Waals surface area contributed by atoms with Gasteiger partial charge in [-0.3, -0.25) is 67.3 Å². The number of amides is 13. The highest BCUT2D eigenvalue weighted by atomic mass is 32.2. The van der Waals surface area contributed by atoms with Gasteiger partial charge in [0.2, 0.25) is 76.8 Å². The number of primary amides is 3. The Labute approximate surface area is 558 Å². The number of hydrogen-bond donors (Lipinski definition) is 15. The number of thioether (sulfide) groups is 1. The molecule has 13 amide bonds. The number of likely N-dealkylation sites (tertiary alicyclic amines) is 2. The van der Waals surface area contributed by atoms with Crippen LogP contribution >= 0.6 is 11.8 Å². The van der Waals surface area contributed by atoms with Crippen molar-refractivity contribution in [1.29, 1.82) is 0 Å². The Bertz CT molecular complexity index is 2960. The normalized spacial score (nSPS) is 16.8. The number of nitrogens with one attached hydrogen (secondary N) is 8. The summed E-state index contributed by atoms with van der Waals surface area (Å²) in [6, 6.07) is 4.51. The molecular formula is C63H98N18O13S. The number of hydrogen-bond acceptors (Lipinski definition) is 17. The van der Waals surface area contributed by atoms with Crippen molar-refractivity contribution in [3.63, 3.8) is 0 Å². The molecule has 2 aliphatic rings. The Balaban J connectivity index is 1.56. The topological polar surface area (TPSA) is 519 Å². The number of unbranched alkanes of at least 4 members (excludes halogenated alkanes) is 1. The summed E-state index contributed by atoms with van der Waals surface area (Å²) in [5.41, 5.74) is 40.6. The van der Waals surface area contributed by atoms with Gasteiger partial charge >= 0.3 is 0 Å². The summed E-state index contributed by atoms with van der Waals surface area (Å²) in [6.45, 7) is 3.86. The number of carbonyl (C=O) groups is 13. The molecule has 2 aliphatic heterocycles. The number of nitrogens with two attached hydrogens (primary N) is 7. The number of guanidine groups is 1. The van der Waals surface area contributed by atoms with E-state index >= 15 is 0 Å². The minimum absolute atomic E-state index is 0.0736. The molecular weight excluding hydrogens is 1250 g/mol. The predicted octanol–water partition coefficient (Wildman–Crippen LogP) is -3.71. The van der Waals surface area contributed by atoms with Crippen LogP contribution in [0.25, 0.3) is 0 Å². The lowest BCUT2D eigenvalue weighted by molar-refractivity contribution is -0.144. The van der Waals surface area contributed by atoms with E-state index in [1.165, 1.54) is 21.6 Å². The zero-order chi connectivity index (χ0) is 70.1. The second-order valence-corrected chi connectivity index (χ2v) is 25.1. The van der Waals surface area contributed by atoms with Crippen LogP contribution in [-0.4, -0.2) is 198 Å². The van der Waals surface area contributed by atoms with Crippen LogP contribution in [0.1, 0.15) is 121 Å². The smallest absolute Gasteiger partial charge is 0.245 e. The van der Waals surface area contributed by atoms with Crippen LogP contribution in [0.5, 0.6) is 0 Å². The lowest BCUT2D eigenvalue weighted by atomic mass is 10.0. The van der Waals surface area contributed by atoms with E-state index in [0.29, 0.717) is 55.4 Å². The molecule has 2 heterocycles. The van der Waals surface area contributed by atoms with Crippen LogP contribution in [0.15, 0.2) is 65.7 Å². The van der Waals surface area contributed by atoms with E-state index in [9.17, 15) is 62.3 Å². The number of aliphatic imine (C=N–C) groups is 1. The van der Waals surface area contributed by atoms with Crippen LogP contribution in [0, 0.1) is 5.92 Å². The van der Waals surface area contributed by atoms with Crippen LogP contribution in [0.4, 0.5) is 0 Å². The lowest BCUT2D eigenvalue weighted by Gasteiger charge is -2.32. The van der Waals surface area contributed by atoms with Gasteiger partial charge in [0.05, 0.1) is 12.6 Å². The van der Waals surface area contributed by atoms with Gasteiger partial charge in [-0.15, -0.1) is 0 Å². The maximum absolute atomic E-state index is 14.7. The Kier molecular flexibility index (Phi) is 33.9. The Morgan fingerprint density at radius 3 is 1.51 bits per heavy atom. The molecule has 2 aromatic carbocycles. The van der Waals surface area contributed by atoms with Crippen LogP contribution in [-0.2, 0) is 75.2 Å². The first-order chi connectivity index (χ1) is 45.2. The van der Waals surface area contributed by atoms with Gasteiger partial charge in [-0.05, 0) is 119 Å². The molecule has 0 spiro atoms. The minimum atomic E-state index is -1.64. The van der Waals surface area contributed by atoms with Crippen molar-refractivity contribution in [3.8, 4) is 0 Å². The fraction of sp³-hybridized carbons (Fsp3) is 0.587. The molecule has 2 fully saturated rings. The van der Waals surface area contributed by atoms with E-state index in [1.54, 1.807) is 60.7 Å². The fourth-order valence-electron chi connectivity index (χ4n) is 11.0. The molecule has 0 aliphatic carbocycles. The highest BCUT2D eigenvalue weighted by Gasteiger charge is 2.42. The van der Waals surface area contributed by atoms with Crippen molar-refractivity contribution in [3.05, 3.63) is 71.8 Å². The summed E-state index contributed by atoms with van der Waals surface area (Å²) < 4.78 is 0. The summed E-state index contributed by atoms with van der Waals surface area (Å²) in [4.78, 5) is 185. The van der Waals surface area contributed by atoms with Gasteiger partial charge in [-0.1, -0.05) is 74.5 Å².